The fourth-order valence-corrected chi connectivity index (χ4v) is 3.36. The van der Waals surface area contributed by atoms with Crippen molar-refractivity contribution in [2.45, 2.75) is 46.8 Å². The minimum Gasteiger partial charge on any atom is -0.456 e. The van der Waals surface area contributed by atoms with Crippen LogP contribution in [0.25, 0.3) is 0 Å². The van der Waals surface area contributed by atoms with Crippen LogP contribution in [-0.2, 0) is 9.53 Å². The summed E-state index contributed by atoms with van der Waals surface area (Å²) in [5.74, 6) is 0.152. The molecule has 1 aliphatic carbocycles. The van der Waals surface area contributed by atoms with E-state index in [2.05, 4.69) is 45.6 Å². The van der Waals surface area contributed by atoms with Crippen LogP contribution in [-0.4, -0.2) is 31.0 Å². The zero-order chi connectivity index (χ0) is 18.1. The Morgan fingerprint density at radius 1 is 1.21 bits per heavy atom. The standard InChI is InChI=1S/C21H31NO2/c1-14(2)13-17-18(21(17,4)5)20(23)24-19(15(3)22(6)7)16-11-9-8-10-12-16/h8-13,15,17-19H,1-7H3/t15?,17-,18-,19?/m1/s1. The van der Waals surface area contributed by atoms with Gasteiger partial charge in [-0.3, -0.25) is 4.79 Å². The predicted octanol–water partition coefficient (Wildman–Crippen LogP) is 4.46. The van der Waals surface area contributed by atoms with Gasteiger partial charge in [0.05, 0.1) is 5.92 Å². The molecule has 1 aromatic rings. The summed E-state index contributed by atoms with van der Waals surface area (Å²) in [6.45, 7) is 10.6. The van der Waals surface area contributed by atoms with Crippen LogP contribution < -0.4 is 0 Å². The van der Waals surface area contributed by atoms with E-state index in [1.807, 2.05) is 44.4 Å². The first-order valence-electron chi connectivity index (χ1n) is 8.73. The third kappa shape index (κ3) is 3.89. The lowest BCUT2D eigenvalue weighted by Gasteiger charge is -2.29. The second-order valence-corrected chi connectivity index (χ2v) is 8.04. The lowest BCUT2D eigenvalue weighted by molar-refractivity contribution is -0.155. The van der Waals surface area contributed by atoms with Gasteiger partial charge in [-0.05, 0) is 51.8 Å². The first kappa shape index (κ1) is 18.7. The third-order valence-corrected chi connectivity index (χ3v) is 5.30. The summed E-state index contributed by atoms with van der Waals surface area (Å²) in [6.07, 6.45) is 1.95. The quantitative estimate of drug-likeness (QED) is 0.570. The second kappa shape index (κ2) is 7.10. The van der Waals surface area contributed by atoms with Crippen LogP contribution in [0.4, 0.5) is 0 Å². The summed E-state index contributed by atoms with van der Waals surface area (Å²) < 4.78 is 6.02. The fraction of sp³-hybridized carbons (Fsp3) is 0.571. The lowest BCUT2D eigenvalue weighted by Crippen LogP contribution is -2.34. The molecule has 0 saturated heterocycles. The van der Waals surface area contributed by atoms with E-state index < -0.39 is 0 Å². The van der Waals surface area contributed by atoms with Gasteiger partial charge in [0, 0.05) is 6.04 Å². The Morgan fingerprint density at radius 2 is 1.79 bits per heavy atom. The van der Waals surface area contributed by atoms with E-state index in [1.165, 1.54) is 5.57 Å². The van der Waals surface area contributed by atoms with Crippen molar-refractivity contribution in [3.8, 4) is 0 Å². The highest BCUT2D eigenvalue weighted by molar-refractivity contribution is 5.78. The number of allylic oxidation sites excluding steroid dienone is 2. The van der Waals surface area contributed by atoms with Crippen molar-refractivity contribution in [3.63, 3.8) is 0 Å². The molecule has 132 valence electrons. The van der Waals surface area contributed by atoms with Crippen LogP contribution in [0, 0.1) is 17.3 Å². The van der Waals surface area contributed by atoms with Gasteiger partial charge >= 0.3 is 5.97 Å². The van der Waals surface area contributed by atoms with E-state index in [4.69, 9.17) is 4.74 Å². The van der Waals surface area contributed by atoms with E-state index in [-0.39, 0.29) is 35.4 Å². The fourth-order valence-electron chi connectivity index (χ4n) is 3.36. The van der Waals surface area contributed by atoms with E-state index in [0.29, 0.717) is 0 Å². The van der Waals surface area contributed by atoms with Crippen molar-refractivity contribution >= 4 is 5.97 Å². The molecule has 0 heterocycles. The van der Waals surface area contributed by atoms with Crippen LogP contribution in [0.2, 0.25) is 0 Å². The molecule has 0 amide bonds. The van der Waals surface area contributed by atoms with Crippen molar-refractivity contribution in [1.82, 2.24) is 4.90 Å². The number of likely N-dealkylation sites (N-methyl/N-ethyl adjacent to an activating group) is 1. The minimum absolute atomic E-state index is 0.0169. The lowest BCUT2D eigenvalue weighted by atomic mass is 10.0. The maximum Gasteiger partial charge on any atom is 0.310 e. The number of ether oxygens (including phenoxy) is 1. The maximum absolute atomic E-state index is 12.9. The molecule has 3 heteroatoms. The first-order chi connectivity index (χ1) is 11.2. The molecular weight excluding hydrogens is 298 g/mol. The number of nitrogens with zero attached hydrogens (tertiary/aromatic N) is 1. The highest BCUT2D eigenvalue weighted by Crippen LogP contribution is 2.60. The van der Waals surface area contributed by atoms with Gasteiger partial charge in [-0.2, -0.15) is 0 Å². The Kier molecular flexibility index (Phi) is 5.54. The molecule has 0 aromatic heterocycles. The zero-order valence-corrected chi connectivity index (χ0v) is 16.0. The number of hydrogen-bond acceptors (Lipinski definition) is 3. The van der Waals surface area contributed by atoms with Crippen molar-refractivity contribution in [3.05, 3.63) is 47.5 Å². The molecule has 3 nitrogen and oxygen atoms in total. The molecule has 1 saturated carbocycles. The SMILES string of the molecule is CC(C)=C[C@@H]1[C@H](C(=O)OC(c2ccccc2)C(C)N(C)C)C1(C)C. The summed E-state index contributed by atoms with van der Waals surface area (Å²) in [7, 11) is 4.03. The van der Waals surface area contributed by atoms with Crippen LogP contribution in [0.15, 0.2) is 42.0 Å². The van der Waals surface area contributed by atoms with Gasteiger partial charge in [0.2, 0.25) is 0 Å². The van der Waals surface area contributed by atoms with Gasteiger partial charge < -0.3 is 9.64 Å². The maximum atomic E-state index is 12.9. The molecule has 0 radical (unpaired) electrons. The monoisotopic (exact) mass is 329 g/mol. The predicted molar refractivity (Wildman–Crippen MR) is 98.6 cm³/mol. The van der Waals surface area contributed by atoms with E-state index in [0.717, 1.165) is 5.56 Å². The van der Waals surface area contributed by atoms with Gasteiger partial charge in [0.25, 0.3) is 0 Å². The highest BCUT2D eigenvalue weighted by Gasteiger charge is 2.61. The number of benzene rings is 1. The number of carbonyl (C=O) groups excluding carboxylic acids is 1. The van der Waals surface area contributed by atoms with Gasteiger partial charge in [-0.25, -0.2) is 0 Å². The summed E-state index contributed by atoms with van der Waals surface area (Å²) in [4.78, 5) is 14.9. The van der Waals surface area contributed by atoms with Gasteiger partial charge in [0.15, 0.2) is 0 Å². The topological polar surface area (TPSA) is 29.5 Å². The normalized spacial score (nSPS) is 24.2. The molecule has 0 aliphatic heterocycles. The molecule has 0 spiro atoms. The number of hydrogen-bond donors (Lipinski definition) is 0. The molecule has 2 unspecified atom stereocenters. The summed E-state index contributed by atoms with van der Waals surface area (Å²) in [6, 6.07) is 10.1. The minimum atomic E-state index is -0.252. The van der Waals surface area contributed by atoms with Crippen LogP contribution in [0.1, 0.15) is 46.3 Å². The van der Waals surface area contributed by atoms with Crippen molar-refractivity contribution in [2.24, 2.45) is 17.3 Å². The van der Waals surface area contributed by atoms with Crippen LogP contribution in [0.5, 0.6) is 0 Å². The van der Waals surface area contributed by atoms with Gasteiger partial charge in [-0.15, -0.1) is 0 Å². The van der Waals surface area contributed by atoms with E-state index >= 15 is 0 Å². The summed E-state index contributed by atoms with van der Waals surface area (Å²) in [5, 5.41) is 0. The Hall–Kier alpha value is -1.61. The molecule has 2 rings (SSSR count). The Bertz CT molecular complexity index is 600. The molecule has 1 aliphatic rings. The van der Waals surface area contributed by atoms with Crippen molar-refractivity contribution in [2.75, 3.05) is 14.1 Å². The number of carbonyl (C=O) groups is 1. The smallest absolute Gasteiger partial charge is 0.310 e. The zero-order valence-electron chi connectivity index (χ0n) is 16.0. The molecule has 1 fully saturated rings. The van der Waals surface area contributed by atoms with E-state index in [1.54, 1.807) is 0 Å². The molecule has 0 N–H and O–H groups in total. The number of rotatable bonds is 6. The van der Waals surface area contributed by atoms with Gasteiger partial charge in [-0.1, -0.05) is 55.8 Å². The number of esters is 1. The first-order valence-corrected chi connectivity index (χ1v) is 8.73. The molecular formula is C21H31NO2. The highest BCUT2D eigenvalue weighted by atomic mass is 16.5. The average molecular weight is 329 g/mol. The Morgan fingerprint density at radius 3 is 2.29 bits per heavy atom. The summed E-state index contributed by atoms with van der Waals surface area (Å²) in [5.41, 5.74) is 2.28. The Labute approximate surface area is 146 Å². The van der Waals surface area contributed by atoms with Crippen molar-refractivity contribution < 1.29 is 9.53 Å². The Balaban J connectivity index is 2.19. The molecule has 1 aromatic carbocycles. The largest absolute Gasteiger partial charge is 0.456 e. The van der Waals surface area contributed by atoms with Crippen LogP contribution >= 0.6 is 0 Å². The second-order valence-electron chi connectivity index (χ2n) is 8.04. The third-order valence-electron chi connectivity index (χ3n) is 5.30. The van der Waals surface area contributed by atoms with Gasteiger partial charge in [0.1, 0.15) is 6.10 Å². The van der Waals surface area contributed by atoms with Crippen LogP contribution in [0.3, 0.4) is 0 Å². The summed E-state index contributed by atoms with van der Waals surface area (Å²) >= 11 is 0. The van der Waals surface area contributed by atoms with Crippen molar-refractivity contribution in [1.29, 1.82) is 0 Å². The average Bonchev–Trinajstić information content (AvgIpc) is 3.04. The molecule has 4 atom stereocenters. The molecule has 24 heavy (non-hydrogen) atoms. The van der Waals surface area contributed by atoms with E-state index in [9.17, 15) is 4.79 Å². The molecule has 0 bridgehead atoms.